The molecule has 0 aliphatic carbocycles. The van der Waals surface area contributed by atoms with Crippen molar-refractivity contribution >= 4 is 5.97 Å². The van der Waals surface area contributed by atoms with Gasteiger partial charge in [-0.05, 0) is 37.0 Å². The van der Waals surface area contributed by atoms with Crippen LogP contribution in [0.4, 0.5) is 0 Å². The number of benzene rings is 1. The molecule has 0 N–H and O–H groups in total. The van der Waals surface area contributed by atoms with Gasteiger partial charge in [0.1, 0.15) is 0 Å². The van der Waals surface area contributed by atoms with E-state index in [9.17, 15) is 4.79 Å². The number of aryl methyl sites for hydroxylation is 1. The maximum Gasteiger partial charge on any atom is 0.339 e. The second-order valence-electron chi connectivity index (χ2n) is 4.20. The van der Waals surface area contributed by atoms with E-state index >= 15 is 0 Å². The lowest BCUT2D eigenvalue weighted by Gasteiger charge is -2.29. The Hall–Kier alpha value is -1.35. The van der Waals surface area contributed by atoms with Crippen LogP contribution in [0.5, 0.6) is 0 Å². The van der Waals surface area contributed by atoms with Gasteiger partial charge >= 0.3 is 5.97 Å². The smallest absolute Gasteiger partial charge is 0.339 e. The number of methoxy groups -OCH3 is 1. The van der Waals surface area contributed by atoms with Crippen molar-refractivity contribution in [3.05, 3.63) is 34.9 Å². The van der Waals surface area contributed by atoms with Gasteiger partial charge in [0, 0.05) is 0 Å². The summed E-state index contributed by atoms with van der Waals surface area (Å²) in [5, 5.41) is 0. The van der Waals surface area contributed by atoms with Crippen molar-refractivity contribution in [1.29, 1.82) is 0 Å². The minimum absolute atomic E-state index is 0.0534. The summed E-state index contributed by atoms with van der Waals surface area (Å²) in [6, 6.07) is 5.95. The van der Waals surface area contributed by atoms with Crippen LogP contribution in [0.2, 0.25) is 0 Å². The summed E-state index contributed by atoms with van der Waals surface area (Å²) in [6.45, 7) is 4.04. The Balaban J connectivity index is 2.46. The summed E-state index contributed by atoms with van der Waals surface area (Å²) < 4.78 is 10.4. The third kappa shape index (κ3) is 1.83. The van der Waals surface area contributed by atoms with Crippen LogP contribution in [-0.4, -0.2) is 19.2 Å². The van der Waals surface area contributed by atoms with Crippen molar-refractivity contribution in [2.75, 3.05) is 7.11 Å². The van der Waals surface area contributed by atoms with Crippen LogP contribution in [0.3, 0.4) is 0 Å². The minimum Gasteiger partial charge on any atom is -0.467 e. The molecular weight excluding hydrogens is 204 g/mol. The van der Waals surface area contributed by atoms with Gasteiger partial charge in [-0.15, -0.1) is 0 Å². The van der Waals surface area contributed by atoms with Gasteiger partial charge in [0.15, 0.2) is 6.10 Å². The molecule has 3 heteroatoms. The Morgan fingerprint density at radius 1 is 1.50 bits per heavy atom. The van der Waals surface area contributed by atoms with E-state index in [1.54, 1.807) is 0 Å². The summed E-state index contributed by atoms with van der Waals surface area (Å²) in [6.07, 6.45) is 0.344. The first-order valence-corrected chi connectivity index (χ1v) is 5.45. The van der Waals surface area contributed by atoms with Crippen molar-refractivity contribution in [2.45, 2.75) is 32.5 Å². The van der Waals surface area contributed by atoms with Crippen LogP contribution in [0, 0.1) is 6.92 Å². The highest BCUT2D eigenvalue weighted by Gasteiger charge is 2.31. The molecule has 2 rings (SSSR count). The quantitative estimate of drug-likeness (QED) is 0.680. The SMILES string of the molecule is COC(=O)C1OC(C)Cc2c(C)cccc21. The Bertz CT molecular complexity index is 412. The lowest BCUT2D eigenvalue weighted by Crippen LogP contribution is -2.29. The minimum atomic E-state index is -0.566. The lowest BCUT2D eigenvalue weighted by atomic mass is 9.91. The van der Waals surface area contributed by atoms with E-state index in [2.05, 4.69) is 13.0 Å². The molecule has 1 aromatic rings. The van der Waals surface area contributed by atoms with Crippen molar-refractivity contribution in [3.8, 4) is 0 Å². The maximum absolute atomic E-state index is 11.6. The second kappa shape index (κ2) is 4.26. The van der Waals surface area contributed by atoms with Gasteiger partial charge in [0.2, 0.25) is 0 Å². The highest BCUT2D eigenvalue weighted by molar-refractivity contribution is 5.77. The van der Waals surface area contributed by atoms with E-state index in [0.29, 0.717) is 0 Å². The van der Waals surface area contributed by atoms with Gasteiger partial charge in [-0.3, -0.25) is 0 Å². The topological polar surface area (TPSA) is 35.5 Å². The van der Waals surface area contributed by atoms with Crippen molar-refractivity contribution in [2.24, 2.45) is 0 Å². The number of ether oxygens (including phenoxy) is 2. The fourth-order valence-corrected chi connectivity index (χ4v) is 2.18. The number of fused-ring (bicyclic) bond motifs is 1. The van der Waals surface area contributed by atoms with Crippen LogP contribution in [0.1, 0.15) is 29.7 Å². The third-order valence-electron chi connectivity index (χ3n) is 3.00. The summed E-state index contributed by atoms with van der Waals surface area (Å²) in [5.74, 6) is -0.321. The predicted molar refractivity (Wildman–Crippen MR) is 60.2 cm³/mol. The van der Waals surface area contributed by atoms with E-state index in [1.807, 2.05) is 19.1 Å². The van der Waals surface area contributed by atoms with E-state index in [1.165, 1.54) is 18.2 Å². The van der Waals surface area contributed by atoms with Crippen LogP contribution in [-0.2, 0) is 20.7 Å². The Kier molecular flexibility index (Phi) is 2.97. The predicted octanol–water partition coefficient (Wildman–Crippen LogP) is 2.17. The molecule has 1 aliphatic rings. The summed E-state index contributed by atoms with van der Waals surface area (Å²) in [4.78, 5) is 11.6. The normalized spacial score (nSPS) is 23.7. The molecule has 0 bridgehead atoms. The zero-order valence-corrected chi connectivity index (χ0v) is 9.82. The monoisotopic (exact) mass is 220 g/mol. The molecule has 1 aromatic carbocycles. The van der Waals surface area contributed by atoms with E-state index in [0.717, 1.165) is 12.0 Å². The van der Waals surface area contributed by atoms with E-state index in [4.69, 9.17) is 9.47 Å². The third-order valence-corrected chi connectivity index (χ3v) is 3.00. The number of carbonyl (C=O) groups is 1. The first kappa shape index (κ1) is 11.1. The van der Waals surface area contributed by atoms with Gasteiger partial charge in [0.25, 0.3) is 0 Å². The highest BCUT2D eigenvalue weighted by Crippen LogP contribution is 2.32. The molecule has 2 unspecified atom stereocenters. The van der Waals surface area contributed by atoms with Crippen molar-refractivity contribution in [1.82, 2.24) is 0 Å². The molecule has 0 saturated heterocycles. The van der Waals surface area contributed by atoms with Gasteiger partial charge < -0.3 is 9.47 Å². The van der Waals surface area contributed by atoms with Crippen LogP contribution < -0.4 is 0 Å². The van der Waals surface area contributed by atoms with E-state index in [-0.39, 0.29) is 12.1 Å². The Labute approximate surface area is 95.4 Å². The van der Waals surface area contributed by atoms with Gasteiger partial charge in [-0.2, -0.15) is 0 Å². The highest BCUT2D eigenvalue weighted by atomic mass is 16.6. The number of carbonyl (C=O) groups excluding carboxylic acids is 1. The van der Waals surface area contributed by atoms with Gasteiger partial charge in [-0.1, -0.05) is 18.2 Å². The van der Waals surface area contributed by atoms with Crippen molar-refractivity contribution in [3.63, 3.8) is 0 Å². The second-order valence-corrected chi connectivity index (χ2v) is 4.20. The largest absolute Gasteiger partial charge is 0.467 e. The molecular formula is C13H16O3. The molecule has 1 aliphatic heterocycles. The molecule has 2 atom stereocenters. The standard InChI is InChI=1S/C13H16O3/c1-8-5-4-6-10-11(8)7-9(2)16-12(10)13(14)15-3/h4-6,9,12H,7H2,1-3H3. The van der Waals surface area contributed by atoms with E-state index < -0.39 is 6.10 Å². The lowest BCUT2D eigenvalue weighted by molar-refractivity contribution is -0.159. The maximum atomic E-state index is 11.6. The number of hydrogen-bond donors (Lipinski definition) is 0. The van der Waals surface area contributed by atoms with Crippen LogP contribution in [0.25, 0.3) is 0 Å². The molecule has 0 spiro atoms. The number of hydrogen-bond acceptors (Lipinski definition) is 3. The average molecular weight is 220 g/mol. The average Bonchev–Trinajstić information content (AvgIpc) is 2.28. The number of esters is 1. The fourth-order valence-electron chi connectivity index (χ4n) is 2.18. The molecule has 86 valence electrons. The summed E-state index contributed by atoms with van der Waals surface area (Å²) >= 11 is 0. The van der Waals surface area contributed by atoms with Gasteiger partial charge in [0.05, 0.1) is 13.2 Å². The molecule has 0 fully saturated rings. The Morgan fingerprint density at radius 2 is 2.25 bits per heavy atom. The molecule has 0 saturated carbocycles. The molecule has 1 heterocycles. The fraction of sp³-hybridized carbons (Fsp3) is 0.462. The van der Waals surface area contributed by atoms with Crippen LogP contribution in [0.15, 0.2) is 18.2 Å². The Morgan fingerprint density at radius 3 is 2.94 bits per heavy atom. The van der Waals surface area contributed by atoms with Crippen LogP contribution >= 0.6 is 0 Å². The molecule has 0 radical (unpaired) electrons. The molecule has 0 aromatic heterocycles. The van der Waals surface area contributed by atoms with Gasteiger partial charge in [-0.25, -0.2) is 4.79 Å². The van der Waals surface area contributed by atoms with Crippen molar-refractivity contribution < 1.29 is 14.3 Å². The first-order valence-electron chi connectivity index (χ1n) is 5.45. The first-order chi connectivity index (χ1) is 7.63. The molecule has 0 amide bonds. The summed E-state index contributed by atoms with van der Waals surface area (Å²) in [5.41, 5.74) is 3.38. The summed E-state index contributed by atoms with van der Waals surface area (Å²) in [7, 11) is 1.39. The molecule has 16 heavy (non-hydrogen) atoms. The molecule has 3 nitrogen and oxygen atoms in total. The zero-order valence-electron chi connectivity index (χ0n) is 9.82. The zero-order chi connectivity index (χ0) is 11.7. The number of rotatable bonds is 1.